The molecule has 470 valence electrons. The molecule has 0 radical (unpaired) electrons. The third kappa shape index (κ3) is 21.9. The monoisotopic (exact) mass is 1310 g/mol. The van der Waals surface area contributed by atoms with E-state index in [-0.39, 0.29) is 70.8 Å². The average molecular weight is 1320 g/mol. The number of benzene rings is 3. The number of anilines is 5. The molecule has 5 aromatic rings. The Labute approximate surface area is 524 Å². The Morgan fingerprint density at radius 1 is 1.06 bits per heavy atom. The van der Waals surface area contributed by atoms with E-state index in [2.05, 4.69) is 73.0 Å². The Hall–Kier alpha value is -6.17. The quantitative estimate of drug-likeness (QED) is 0.0305. The van der Waals surface area contributed by atoms with E-state index in [0.717, 1.165) is 54.3 Å². The van der Waals surface area contributed by atoms with Crippen molar-refractivity contribution in [3.8, 4) is 23.8 Å². The van der Waals surface area contributed by atoms with Crippen LogP contribution < -0.4 is 44.9 Å². The van der Waals surface area contributed by atoms with Gasteiger partial charge in [-0.25, -0.2) is 9.38 Å². The first-order valence-electron chi connectivity index (χ1n) is 26.9. The second-order valence-corrected chi connectivity index (χ2v) is 25.3. The fourth-order valence-corrected chi connectivity index (χ4v) is 10.3. The number of hydrogen-bond donors (Lipinski definition) is 6. The number of nitrogens with one attached hydrogen (secondary N) is 3. The molecule has 2 aromatic heterocycles. The van der Waals surface area contributed by atoms with Gasteiger partial charge < -0.3 is 54.1 Å². The van der Waals surface area contributed by atoms with Gasteiger partial charge in [0.1, 0.15) is 35.5 Å². The van der Waals surface area contributed by atoms with Crippen molar-refractivity contribution in [3.63, 3.8) is 0 Å². The molecule has 3 aromatic carbocycles. The minimum absolute atomic E-state index is 0.0223. The lowest BCUT2D eigenvalue weighted by Crippen LogP contribution is -2.47. The summed E-state index contributed by atoms with van der Waals surface area (Å²) in [5.41, 5.74) is 4.51. The van der Waals surface area contributed by atoms with Crippen LogP contribution in [0.5, 0.6) is 11.5 Å². The van der Waals surface area contributed by atoms with E-state index in [4.69, 9.17) is 81.9 Å². The summed E-state index contributed by atoms with van der Waals surface area (Å²) in [6, 6.07) is 16.1. The molecule has 0 fully saturated rings. The third-order valence-electron chi connectivity index (χ3n) is 12.1. The van der Waals surface area contributed by atoms with Crippen molar-refractivity contribution < 1.29 is 57.2 Å². The second kappa shape index (κ2) is 33.3. The molecule has 0 saturated carbocycles. The normalized spacial score (nSPS) is 15.1. The largest absolute Gasteiger partial charge is 0.489 e. The molecule has 3 aliphatic heterocycles. The number of aliphatic carboxylic acids is 1. The predicted octanol–water partition coefficient (Wildman–Crippen LogP) is 8.99. The summed E-state index contributed by atoms with van der Waals surface area (Å²) in [5.74, 6) is 3.01. The van der Waals surface area contributed by atoms with Crippen molar-refractivity contribution in [1.82, 2.24) is 29.2 Å². The maximum absolute atomic E-state index is 14.5. The van der Waals surface area contributed by atoms with Gasteiger partial charge in [0.2, 0.25) is 27.9 Å². The van der Waals surface area contributed by atoms with E-state index in [1.807, 2.05) is 89.4 Å². The molecule has 0 saturated heterocycles. The van der Waals surface area contributed by atoms with Crippen LogP contribution >= 0.6 is 65.5 Å². The van der Waals surface area contributed by atoms with E-state index in [1.54, 1.807) is 16.9 Å². The van der Waals surface area contributed by atoms with Gasteiger partial charge in [-0.05, 0) is 101 Å². The lowest BCUT2D eigenvalue weighted by Gasteiger charge is -2.35. The van der Waals surface area contributed by atoms with Gasteiger partial charge >= 0.3 is 13.6 Å². The van der Waals surface area contributed by atoms with Crippen LogP contribution in [-0.4, -0.2) is 144 Å². The molecule has 3 amide bonds. The summed E-state index contributed by atoms with van der Waals surface area (Å²) in [7, 11) is -2.46. The van der Waals surface area contributed by atoms with Crippen LogP contribution in [-0.2, 0) is 47.9 Å². The number of carbonyl (C=O) groups is 4. The number of ether oxygens (including phenoxy) is 3. The Kier molecular flexibility index (Phi) is 28.0. The number of aryl methyl sites for hydroxylation is 2. The van der Waals surface area contributed by atoms with Gasteiger partial charge in [-0.1, -0.05) is 80.2 Å². The van der Waals surface area contributed by atoms with Gasteiger partial charge in [0.05, 0.1) is 55.1 Å². The van der Waals surface area contributed by atoms with Crippen molar-refractivity contribution in [2.24, 2.45) is 10.4 Å². The molecule has 5 heterocycles. The molecule has 0 aliphatic carbocycles. The molecular formula is C56H74Cl4FN12O11PS. The highest BCUT2D eigenvalue weighted by Gasteiger charge is 2.34. The number of carboxylic acid groups (broad SMARTS) is 1. The summed E-state index contributed by atoms with van der Waals surface area (Å²) >= 11 is 24.0. The van der Waals surface area contributed by atoms with E-state index in [1.165, 1.54) is 28.6 Å². The molecule has 6 N–H and O–H groups in total. The number of halogens is 5. The standard InChI is InChI=1S/C18H17FN4O2S.C15H22ClNO2.C11H11Cl2NO2.C9H16ClN5.C3H8NO5P/c1-4-5-22-13-7-12(11(19)6-14(13)25-9-16(22)24)20-17-23-10-18(2,3)8-15(23)21-26-17;1-5-13-8-6-7-11(2)15(13)17(14(18)9-16)12(3)10-19-4;1-7-6-16-9-5-3-2-4-8(9)14(7)11(15)10(12)13;1-5-11-7-12-6(10)13-8(14-7)15-9(2,3)4;5-3(6)1-4-2-10(7,8)9/h1,6-7H,5,8-10H2,2-3H3;6-8,12H,5,9-10H2,1-4H3;2-5,7,10H,6H2,1H3;5H2,1-4H3,(H2,11,12,13,14,15);4H,1-2H2,(H,5,6)(H2,7,8,9)/b20-17-;;;;. The third-order valence-corrected chi connectivity index (χ3v) is 14.3. The van der Waals surface area contributed by atoms with Crippen molar-refractivity contribution in [2.45, 2.75) is 111 Å². The molecule has 3 aliphatic rings. The summed E-state index contributed by atoms with van der Waals surface area (Å²) in [5, 5.41) is 16.4. The highest BCUT2D eigenvalue weighted by atomic mass is 35.5. The van der Waals surface area contributed by atoms with E-state index in [9.17, 15) is 28.1 Å². The maximum Gasteiger partial charge on any atom is 0.339 e. The number of alkyl halides is 3. The zero-order chi connectivity index (χ0) is 64.3. The van der Waals surface area contributed by atoms with Crippen LogP contribution in [0.4, 0.5) is 39.0 Å². The number of terminal acetylenes is 1. The zero-order valence-electron chi connectivity index (χ0n) is 49.7. The predicted molar refractivity (Wildman–Crippen MR) is 335 cm³/mol. The molecular weight excluding hydrogens is 1240 g/mol. The minimum atomic E-state index is -4.10. The van der Waals surface area contributed by atoms with Gasteiger partial charge in [-0.15, -0.1) is 18.0 Å². The number of carboxylic acids is 1. The number of carbonyl (C=O) groups excluding carboxylic acids is 3. The van der Waals surface area contributed by atoms with Crippen LogP contribution in [0.3, 0.4) is 0 Å². The van der Waals surface area contributed by atoms with Crippen molar-refractivity contribution >= 4 is 124 Å². The van der Waals surface area contributed by atoms with Crippen molar-refractivity contribution in [2.75, 3.05) is 84.1 Å². The number of para-hydroxylation sites is 3. The lowest BCUT2D eigenvalue weighted by atomic mass is 9.92. The Balaban J connectivity index is 0.000000238. The molecule has 2 atom stereocenters. The molecule has 0 bridgehead atoms. The number of hydrogen-bond acceptors (Lipinski definition) is 17. The Bertz CT molecular complexity index is 3300. The SMILES string of the molecule is C#CCN1C(=O)COc2cc(F)c(/N=c3\snc4n3CC(C)(C)C4)cc21.CC1COc2ccccc2N1C(=O)C(Cl)Cl.CCNc1nc(Cl)nc(NC(C)(C)C)n1.CCc1cccc(C)c1N(C(=O)CCl)C(C)COC.O=C(O)CNCP(=O)(O)O. The summed E-state index contributed by atoms with van der Waals surface area (Å²) in [4.78, 5) is 83.2. The fraction of sp³-hybridized carbons (Fsp3) is 0.482. The van der Waals surface area contributed by atoms with E-state index in [0.29, 0.717) is 47.1 Å². The summed E-state index contributed by atoms with van der Waals surface area (Å²) in [6.45, 7) is 22.3. The van der Waals surface area contributed by atoms with Gasteiger partial charge in [-0.2, -0.15) is 19.3 Å². The first kappa shape index (κ1) is 72.3. The van der Waals surface area contributed by atoms with E-state index < -0.39 is 37.0 Å². The molecule has 2 unspecified atom stereocenters. The van der Waals surface area contributed by atoms with Crippen LogP contribution in [0.1, 0.15) is 79.3 Å². The Morgan fingerprint density at radius 3 is 2.35 bits per heavy atom. The topological polar surface area (TPSA) is 288 Å². The maximum atomic E-state index is 14.5. The number of amides is 3. The first-order valence-corrected chi connectivity index (χ1v) is 31.2. The molecule has 23 nitrogen and oxygen atoms in total. The number of nitrogens with zero attached hydrogens (tertiary/aromatic N) is 9. The number of fused-ring (bicyclic) bond motifs is 3. The van der Waals surface area contributed by atoms with Gasteiger partial charge in [-0.3, -0.25) is 34.0 Å². The zero-order valence-corrected chi connectivity index (χ0v) is 54.4. The van der Waals surface area contributed by atoms with Crippen LogP contribution in [0.25, 0.3) is 0 Å². The first-order chi connectivity index (χ1) is 40.4. The van der Waals surface area contributed by atoms with Gasteiger partial charge in [0.25, 0.3) is 11.8 Å². The van der Waals surface area contributed by atoms with Crippen molar-refractivity contribution in [1.29, 1.82) is 0 Å². The Morgan fingerprint density at radius 2 is 1.74 bits per heavy atom. The number of aromatic nitrogens is 5. The van der Waals surface area contributed by atoms with Crippen LogP contribution in [0, 0.1) is 30.5 Å². The second-order valence-electron chi connectivity index (χ2n) is 21.2. The van der Waals surface area contributed by atoms with Crippen LogP contribution in [0.2, 0.25) is 5.28 Å². The lowest BCUT2D eigenvalue weighted by molar-refractivity contribution is -0.136. The highest BCUT2D eigenvalue weighted by molar-refractivity contribution is 7.51. The smallest absolute Gasteiger partial charge is 0.339 e. The highest BCUT2D eigenvalue weighted by Crippen LogP contribution is 2.39. The van der Waals surface area contributed by atoms with Gasteiger partial charge in [0, 0.05) is 49.8 Å². The summed E-state index contributed by atoms with van der Waals surface area (Å²) < 4.78 is 47.1. The van der Waals surface area contributed by atoms with E-state index >= 15 is 0 Å². The minimum Gasteiger partial charge on any atom is -0.489 e. The molecule has 30 heteroatoms. The molecule has 0 spiro atoms. The van der Waals surface area contributed by atoms with Crippen LogP contribution in [0.15, 0.2) is 59.6 Å². The number of methoxy groups -OCH3 is 1. The average Bonchev–Trinajstić information content (AvgIpc) is 1.69. The molecule has 86 heavy (non-hydrogen) atoms. The molecule has 8 rings (SSSR count). The summed E-state index contributed by atoms with van der Waals surface area (Å²) in [6.07, 6.45) is 6.50. The fourth-order valence-electron chi connectivity index (χ4n) is 8.60. The number of rotatable bonds is 16. The van der Waals surface area contributed by atoms with Gasteiger partial charge in [0.15, 0.2) is 17.3 Å². The van der Waals surface area contributed by atoms with Crippen molar-refractivity contribution in [3.05, 3.63) is 87.5 Å².